The smallest absolute Gasteiger partial charge is 0.195 e. The third-order valence-corrected chi connectivity index (χ3v) is 5.93. The van der Waals surface area contributed by atoms with E-state index in [9.17, 15) is 4.39 Å². The number of nitrogens with one attached hydrogen (secondary N) is 1. The lowest BCUT2D eigenvalue weighted by molar-refractivity contribution is 0.603. The minimum Gasteiger partial charge on any atom is -0.316 e. The van der Waals surface area contributed by atoms with Crippen LogP contribution in [0.3, 0.4) is 0 Å². The van der Waals surface area contributed by atoms with E-state index in [2.05, 4.69) is 35.5 Å². The van der Waals surface area contributed by atoms with Crippen LogP contribution in [-0.2, 0) is 7.05 Å². The van der Waals surface area contributed by atoms with Crippen LogP contribution in [0.4, 0.5) is 15.3 Å². The Bertz CT molecular complexity index is 1280. The summed E-state index contributed by atoms with van der Waals surface area (Å²) in [6.45, 7) is 0. The number of nitrogens with zero attached hydrogens (tertiary/aromatic N) is 7. The number of anilines is 2. The maximum Gasteiger partial charge on any atom is 0.195 e. The van der Waals surface area contributed by atoms with Gasteiger partial charge >= 0.3 is 0 Å². The summed E-state index contributed by atoms with van der Waals surface area (Å²) >= 11 is 2.61. The van der Waals surface area contributed by atoms with Gasteiger partial charge in [0.1, 0.15) is 34.6 Å². The summed E-state index contributed by atoms with van der Waals surface area (Å²) in [6.07, 6.45) is 4.69. The van der Waals surface area contributed by atoms with Crippen LogP contribution >= 0.6 is 23.1 Å². The van der Waals surface area contributed by atoms with E-state index in [0.29, 0.717) is 31.9 Å². The first-order valence-corrected chi connectivity index (χ1v) is 9.75. The van der Waals surface area contributed by atoms with Gasteiger partial charge < -0.3 is 9.88 Å². The molecule has 11 heteroatoms. The van der Waals surface area contributed by atoms with Gasteiger partial charge in [-0.05, 0) is 30.0 Å². The van der Waals surface area contributed by atoms with Gasteiger partial charge in [0.05, 0.1) is 10.4 Å². The second kappa shape index (κ2) is 6.77. The van der Waals surface area contributed by atoms with Crippen molar-refractivity contribution in [2.75, 3.05) is 5.32 Å². The van der Waals surface area contributed by atoms with Crippen molar-refractivity contribution in [1.82, 2.24) is 34.7 Å². The highest BCUT2D eigenvalue weighted by molar-refractivity contribution is 7.99. The molecule has 0 fully saturated rings. The first-order chi connectivity index (χ1) is 13.7. The van der Waals surface area contributed by atoms with Crippen molar-refractivity contribution in [2.24, 2.45) is 7.05 Å². The molecule has 0 unspecified atom stereocenters. The van der Waals surface area contributed by atoms with Crippen molar-refractivity contribution < 1.29 is 4.39 Å². The normalized spacial score (nSPS) is 11.4. The maximum absolute atomic E-state index is 14.6. The molecule has 0 bridgehead atoms. The van der Waals surface area contributed by atoms with Crippen LogP contribution in [0.1, 0.15) is 0 Å². The van der Waals surface area contributed by atoms with Gasteiger partial charge in [0.25, 0.3) is 0 Å². The predicted molar refractivity (Wildman–Crippen MR) is 105 cm³/mol. The second-order valence-electron chi connectivity index (χ2n) is 5.82. The highest BCUT2D eigenvalue weighted by Crippen LogP contribution is 2.34. The largest absolute Gasteiger partial charge is 0.316 e. The molecular formula is C17H11FN8S2. The summed E-state index contributed by atoms with van der Waals surface area (Å²) < 4.78 is 16.3. The summed E-state index contributed by atoms with van der Waals surface area (Å²) in [5.74, 6) is 0.165. The van der Waals surface area contributed by atoms with Gasteiger partial charge in [-0.3, -0.25) is 0 Å². The van der Waals surface area contributed by atoms with Crippen molar-refractivity contribution in [3.8, 4) is 0 Å². The topological polar surface area (TPSA) is 94.3 Å². The molecule has 0 saturated heterocycles. The van der Waals surface area contributed by atoms with Gasteiger partial charge in [0.2, 0.25) is 0 Å². The van der Waals surface area contributed by atoms with Crippen molar-refractivity contribution >= 4 is 55.3 Å². The number of hydrogen-bond acceptors (Lipinski definition) is 9. The Morgan fingerprint density at radius 1 is 1.18 bits per heavy atom. The van der Waals surface area contributed by atoms with Gasteiger partial charge in [0.15, 0.2) is 10.3 Å². The van der Waals surface area contributed by atoms with Crippen molar-refractivity contribution in [1.29, 1.82) is 0 Å². The van der Waals surface area contributed by atoms with Gasteiger partial charge in [0, 0.05) is 24.7 Å². The van der Waals surface area contributed by atoms with E-state index in [0.717, 1.165) is 10.3 Å². The Hall–Kier alpha value is -3.18. The van der Waals surface area contributed by atoms with E-state index >= 15 is 0 Å². The molecule has 1 N–H and O–H groups in total. The number of pyridine rings is 1. The predicted octanol–water partition coefficient (Wildman–Crippen LogP) is 3.80. The molecule has 0 atom stereocenters. The second-order valence-corrected chi connectivity index (χ2v) is 7.81. The number of hydrogen-bond donors (Lipinski definition) is 1. The Morgan fingerprint density at radius 3 is 2.93 bits per heavy atom. The summed E-state index contributed by atoms with van der Waals surface area (Å²) in [5, 5.41) is 12.9. The Morgan fingerprint density at radius 2 is 2.11 bits per heavy atom. The van der Waals surface area contributed by atoms with Crippen molar-refractivity contribution in [3.63, 3.8) is 0 Å². The van der Waals surface area contributed by atoms with E-state index in [1.807, 2.05) is 12.1 Å². The zero-order valence-corrected chi connectivity index (χ0v) is 16.0. The number of aromatic nitrogens is 7. The van der Waals surface area contributed by atoms with Gasteiger partial charge in [-0.1, -0.05) is 11.3 Å². The molecule has 0 aliphatic heterocycles. The molecule has 0 radical (unpaired) electrons. The number of aryl methyl sites for hydroxylation is 1. The molecule has 5 aromatic rings. The lowest BCUT2D eigenvalue weighted by atomic mass is 10.2. The summed E-state index contributed by atoms with van der Waals surface area (Å²) in [5.41, 5.74) is 1.30. The van der Waals surface area contributed by atoms with E-state index in [1.165, 1.54) is 35.5 Å². The number of thiazole rings is 1. The Labute approximate surface area is 165 Å². The lowest BCUT2D eigenvalue weighted by Crippen LogP contribution is -1.97. The fourth-order valence-electron chi connectivity index (χ4n) is 2.62. The first kappa shape index (κ1) is 17.0. The SMILES string of the molecule is Cn1cnnc1Sc1cc2c(Nc3nc4cccnc4s3)ncnc2cc1F. The van der Waals surface area contributed by atoms with E-state index in [4.69, 9.17) is 0 Å². The molecule has 0 aliphatic carbocycles. The van der Waals surface area contributed by atoms with Crippen molar-refractivity contribution in [3.05, 3.63) is 48.9 Å². The van der Waals surface area contributed by atoms with Crippen LogP contribution in [0.25, 0.3) is 21.3 Å². The minimum atomic E-state index is -0.380. The average Bonchev–Trinajstić information content (AvgIpc) is 3.28. The molecule has 0 aliphatic rings. The van der Waals surface area contributed by atoms with Crippen LogP contribution in [0.5, 0.6) is 0 Å². The molecule has 1 aromatic carbocycles. The van der Waals surface area contributed by atoms with E-state index in [-0.39, 0.29) is 5.82 Å². The van der Waals surface area contributed by atoms with Gasteiger partial charge in [-0.25, -0.2) is 24.3 Å². The van der Waals surface area contributed by atoms with Gasteiger partial charge in [-0.15, -0.1) is 10.2 Å². The fraction of sp³-hybridized carbons (Fsp3) is 0.0588. The molecule has 5 rings (SSSR count). The first-order valence-electron chi connectivity index (χ1n) is 8.12. The van der Waals surface area contributed by atoms with Crippen LogP contribution in [0.15, 0.2) is 53.2 Å². The van der Waals surface area contributed by atoms with Crippen LogP contribution in [0, 0.1) is 5.82 Å². The maximum atomic E-state index is 14.6. The average molecular weight is 410 g/mol. The molecule has 138 valence electrons. The van der Waals surface area contributed by atoms with E-state index < -0.39 is 0 Å². The third-order valence-electron chi connectivity index (χ3n) is 3.95. The molecule has 0 spiro atoms. The van der Waals surface area contributed by atoms with Gasteiger partial charge in [-0.2, -0.15) is 0 Å². The van der Waals surface area contributed by atoms with E-state index in [1.54, 1.807) is 30.2 Å². The number of halogens is 1. The number of fused-ring (bicyclic) bond motifs is 2. The number of rotatable bonds is 4. The molecule has 0 amide bonds. The lowest BCUT2D eigenvalue weighted by Gasteiger charge is -2.08. The fourth-order valence-corrected chi connectivity index (χ4v) is 4.24. The zero-order chi connectivity index (χ0) is 19.1. The summed E-state index contributed by atoms with van der Waals surface area (Å²) in [4.78, 5) is 18.5. The quantitative estimate of drug-likeness (QED) is 0.478. The molecule has 4 aromatic heterocycles. The van der Waals surface area contributed by atoms with Crippen LogP contribution < -0.4 is 5.32 Å². The molecule has 28 heavy (non-hydrogen) atoms. The highest BCUT2D eigenvalue weighted by Gasteiger charge is 2.14. The third kappa shape index (κ3) is 3.04. The van der Waals surface area contributed by atoms with Crippen LogP contribution in [0.2, 0.25) is 0 Å². The Balaban J connectivity index is 1.56. The summed E-state index contributed by atoms with van der Waals surface area (Å²) in [7, 11) is 1.80. The molecule has 8 nitrogen and oxygen atoms in total. The minimum absolute atomic E-state index is 0.380. The molecular weight excluding hydrogens is 399 g/mol. The molecule has 4 heterocycles. The summed E-state index contributed by atoms with van der Waals surface area (Å²) in [6, 6.07) is 6.83. The molecule has 0 saturated carbocycles. The monoisotopic (exact) mass is 410 g/mol. The Kier molecular flexibility index (Phi) is 4.10. The highest BCUT2D eigenvalue weighted by atomic mass is 32.2. The zero-order valence-electron chi connectivity index (χ0n) is 14.4. The standard InChI is InChI=1S/C17H11FN8S2/c1-26-8-22-25-17(26)27-13-5-9-12(6-10(13)18)20-7-21-14(9)24-16-23-11-3-2-4-19-15(11)28-16/h2-8H,1H3,(H,20,21,23,24). The van der Waals surface area contributed by atoms with Crippen LogP contribution in [-0.4, -0.2) is 34.7 Å². The number of benzene rings is 1. The van der Waals surface area contributed by atoms with Crippen molar-refractivity contribution in [2.45, 2.75) is 10.1 Å².